The van der Waals surface area contributed by atoms with E-state index < -0.39 is 12.1 Å². The molecule has 2 aromatic rings. The first kappa shape index (κ1) is 17.0. The summed E-state index contributed by atoms with van der Waals surface area (Å²) < 4.78 is 10.6. The highest BCUT2D eigenvalue weighted by molar-refractivity contribution is 6.01. The number of carbonyl (C=O) groups excluding carboxylic acids is 2. The van der Waals surface area contributed by atoms with E-state index in [-0.39, 0.29) is 11.9 Å². The standard InChI is InChI=1S/C20H21NO4/c1-13-12-15-8-4-6-10-17(15)21(13)19(22)14(2)25-20(23)16-9-5-7-11-18(16)24-3/h4-11,13-14H,12H2,1-3H3/t13-,14-/m1/s1. The van der Waals surface area contributed by atoms with Gasteiger partial charge in [-0.3, -0.25) is 4.79 Å². The summed E-state index contributed by atoms with van der Waals surface area (Å²) in [6.07, 6.45) is -0.0826. The van der Waals surface area contributed by atoms with Crippen molar-refractivity contribution in [3.8, 4) is 5.75 Å². The number of benzene rings is 2. The molecule has 0 fully saturated rings. The summed E-state index contributed by atoms with van der Waals surface area (Å²) in [7, 11) is 1.49. The van der Waals surface area contributed by atoms with Gasteiger partial charge in [0.15, 0.2) is 6.10 Å². The molecule has 5 heteroatoms. The monoisotopic (exact) mass is 339 g/mol. The highest BCUT2D eigenvalue weighted by Crippen LogP contribution is 2.32. The average Bonchev–Trinajstić information content (AvgIpc) is 2.96. The van der Waals surface area contributed by atoms with Gasteiger partial charge in [-0.15, -0.1) is 0 Å². The molecule has 1 aliphatic heterocycles. The van der Waals surface area contributed by atoms with Gasteiger partial charge >= 0.3 is 5.97 Å². The summed E-state index contributed by atoms with van der Waals surface area (Å²) in [5, 5.41) is 0. The van der Waals surface area contributed by atoms with Crippen molar-refractivity contribution in [3.63, 3.8) is 0 Å². The fourth-order valence-electron chi connectivity index (χ4n) is 3.18. The van der Waals surface area contributed by atoms with Crippen LogP contribution in [0.25, 0.3) is 0 Å². The molecule has 3 rings (SSSR count). The molecule has 0 bridgehead atoms. The summed E-state index contributed by atoms with van der Waals surface area (Å²) in [5.74, 6) is -0.369. The lowest BCUT2D eigenvalue weighted by molar-refractivity contribution is -0.126. The number of amides is 1. The molecule has 1 heterocycles. The fraction of sp³-hybridized carbons (Fsp3) is 0.300. The molecule has 1 amide bonds. The molecule has 2 atom stereocenters. The molecule has 1 aliphatic rings. The Morgan fingerprint density at radius 2 is 1.80 bits per heavy atom. The number of anilines is 1. The van der Waals surface area contributed by atoms with Gasteiger partial charge < -0.3 is 14.4 Å². The van der Waals surface area contributed by atoms with E-state index in [1.165, 1.54) is 7.11 Å². The van der Waals surface area contributed by atoms with Crippen molar-refractivity contribution < 1.29 is 19.1 Å². The van der Waals surface area contributed by atoms with Crippen molar-refractivity contribution in [2.75, 3.05) is 12.0 Å². The van der Waals surface area contributed by atoms with E-state index in [1.54, 1.807) is 36.1 Å². The van der Waals surface area contributed by atoms with E-state index >= 15 is 0 Å². The maximum atomic E-state index is 12.9. The quantitative estimate of drug-likeness (QED) is 0.803. The number of hydrogen-bond donors (Lipinski definition) is 0. The van der Waals surface area contributed by atoms with Crippen LogP contribution in [0.4, 0.5) is 5.69 Å². The normalized spacial score (nSPS) is 16.9. The summed E-state index contributed by atoms with van der Waals surface area (Å²) in [4.78, 5) is 27.0. The third-order valence-corrected chi connectivity index (χ3v) is 4.40. The molecule has 5 nitrogen and oxygen atoms in total. The van der Waals surface area contributed by atoms with Gasteiger partial charge in [-0.25, -0.2) is 4.79 Å². The second-order valence-corrected chi connectivity index (χ2v) is 6.14. The van der Waals surface area contributed by atoms with Crippen LogP contribution in [0.2, 0.25) is 0 Å². The average molecular weight is 339 g/mol. The predicted molar refractivity (Wildman–Crippen MR) is 95.0 cm³/mol. The van der Waals surface area contributed by atoms with E-state index in [0.29, 0.717) is 11.3 Å². The molecule has 0 saturated heterocycles. The van der Waals surface area contributed by atoms with E-state index in [2.05, 4.69) is 0 Å². The van der Waals surface area contributed by atoms with Crippen LogP contribution in [-0.4, -0.2) is 31.1 Å². The summed E-state index contributed by atoms with van der Waals surface area (Å²) in [6.45, 7) is 3.59. The maximum absolute atomic E-state index is 12.9. The number of carbonyl (C=O) groups is 2. The molecular formula is C20H21NO4. The Kier molecular flexibility index (Phi) is 4.74. The summed E-state index contributed by atoms with van der Waals surface area (Å²) >= 11 is 0. The van der Waals surface area contributed by atoms with Crippen LogP contribution < -0.4 is 9.64 Å². The number of esters is 1. The minimum Gasteiger partial charge on any atom is -0.496 e. The molecule has 2 aromatic carbocycles. The van der Waals surface area contributed by atoms with Crippen LogP contribution in [0, 0.1) is 0 Å². The first-order valence-electron chi connectivity index (χ1n) is 8.28. The zero-order valence-corrected chi connectivity index (χ0v) is 14.6. The molecular weight excluding hydrogens is 318 g/mol. The Balaban J connectivity index is 1.76. The van der Waals surface area contributed by atoms with Gasteiger partial charge in [0, 0.05) is 11.7 Å². The molecule has 0 saturated carbocycles. The third kappa shape index (κ3) is 3.22. The van der Waals surface area contributed by atoms with Crippen molar-refractivity contribution in [2.45, 2.75) is 32.4 Å². The van der Waals surface area contributed by atoms with E-state index in [1.807, 2.05) is 31.2 Å². The van der Waals surface area contributed by atoms with Gasteiger partial charge in [-0.2, -0.15) is 0 Å². The Morgan fingerprint density at radius 3 is 2.56 bits per heavy atom. The number of hydrogen-bond acceptors (Lipinski definition) is 4. The number of ether oxygens (including phenoxy) is 2. The van der Waals surface area contributed by atoms with Crippen LogP contribution >= 0.6 is 0 Å². The molecule has 130 valence electrons. The molecule has 0 aromatic heterocycles. The smallest absolute Gasteiger partial charge is 0.342 e. The minimum atomic E-state index is -0.883. The highest BCUT2D eigenvalue weighted by Gasteiger charge is 2.34. The molecule has 0 spiro atoms. The highest BCUT2D eigenvalue weighted by atomic mass is 16.5. The van der Waals surface area contributed by atoms with Gasteiger partial charge in [-0.05, 0) is 44.0 Å². The Bertz CT molecular complexity index is 802. The van der Waals surface area contributed by atoms with Gasteiger partial charge in [0.2, 0.25) is 0 Å². The maximum Gasteiger partial charge on any atom is 0.342 e. The zero-order chi connectivity index (χ0) is 18.0. The van der Waals surface area contributed by atoms with E-state index in [0.717, 1.165) is 17.7 Å². The number of para-hydroxylation sites is 2. The van der Waals surface area contributed by atoms with Crippen LogP contribution in [0.5, 0.6) is 5.75 Å². The lowest BCUT2D eigenvalue weighted by Crippen LogP contribution is -2.43. The van der Waals surface area contributed by atoms with Crippen molar-refractivity contribution in [2.24, 2.45) is 0 Å². The largest absolute Gasteiger partial charge is 0.496 e. The van der Waals surface area contributed by atoms with Gasteiger partial charge in [0.25, 0.3) is 5.91 Å². The Hall–Kier alpha value is -2.82. The van der Waals surface area contributed by atoms with Crippen LogP contribution in [0.3, 0.4) is 0 Å². The molecule has 0 unspecified atom stereocenters. The predicted octanol–water partition coefficient (Wildman–Crippen LogP) is 3.22. The molecule has 0 aliphatic carbocycles. The first-order chi connectivity index (χ1) is 12.0. The summed E-state index contributed by atoms with van der Waals surface area (Å²) in [5.41, 5.74) is 2.33. The molecule has 0 radical (unpaired) electrons. The number of fused-ring (bicyclic) bond motifs is 1. The van der Waals surface area contributed by atoms with Crippen LogP contribution in [0.1, 0.15) is 29.8 Å². The Labute approximate surface area is 147 Å². The zero-order valence-electron chi connectivity index (χ0n) is 14.6. The van der Waals surface area contributed by atoms with Gasteiger partial charge in [0.05, 0.1) is 7.11 Å². The van der Waals surface area contributed by atoms with Crippen molar-refractivity contribution in [1.82, 2.24) is 0 Å². The number of rotatable bonds is 4. The van der Waals surface area contributed by atoms with Gasteiger partial charge in [0.1, 0.15) is 11.3 Å². The Morgan fingerprint density at radius 1 is 1.12 bits per heavy atom. The van der Waals surface area contributed by atoms with Gasteiger partial charge in [-0.1, -0.05) is 30.3 Å². The van der Waals surface area contributed by atoms with Crippen molar-refractivity contribution >= 4 is 17.6 Å². The first-order valence-corrected chi connectivity index (χ1v) is 8.28. The van der Waals surface area contributed by atoms with Crippen molar-refractivity contribution in [1.29, 1.82) is 0 Å². The molecule has 25 heavy (non-hydrogen) atoms. The second-order valence-electron chi connectivity index (χ2n) is 6.14. The second kappa shape index (κ2) is 6.97. The lowest BCUT2D eigenvalue weighted by atomic mass is 10.1. The van der Waals surface area contributed by atoms with E-state index in [9.17, 15) is 9.59 Å². The van der Waals surface area contributed by atoms with Crippen LogP contribution in [0.15, 0.2) is 48.5 Å². The lowest BCUT2D eigenvalue weighted by Gasteiger charge is -2.26. The fourth-order valence-corrected chi connectivity index (χ4v) is 3.18. The number of nitrogens with zero attached hydrogens (tertiary/aromatic N) is 1. The minimum absolute atomic E-state index is 0.0392. The SMILES string of the molecule is COc1ccccc1C(=O)O[C@H](C)C(=O)N1c2ccccc2C[C@H]1C. The summed E-state index contributed by atoms with van der Waals surface area (Å²) in [6, 6.07) is 14.6. The van der Waals surface area contributed by atoms with E-state index in [4.69, 9.17) is 9.47 Å². The third-order valence-electron chi connectivity index (χ3n) is 4.40. The van der Waals surface area contributed by atoms with Crippen molar-refractivity contribution in [3.05, 3.63) is 59.7 Å². The number of methoxy groups -OCH3 is 1. The van der Waals surface area contributed by atoms with Crippen LogP contribution in [-0.2, 0) is 16.0 Å². The molecule has 0 N–H and O–H groups in total. The topological polar surface area (TPSA) is 55.8 Å².